The van der Waals surface area contributed by atoms with E-state index in [9.17, 15) is 9.59 Å². The minimum absolute atomic E-state index is 0.0844. The van der Waals surface area contributed by atoms with Gasteiger partial charge in [0.15, 0.2) is 0 Å². The number of hydrogen-bond donors (Lipinski definition) is 3. The van der Waals surface area contributed by atoms with Crippen molar-refractivity contribution in [1.29, 1.82) is 0 Å². The van der Waals surface area contributed by atoms with E-state index >= 15 is 0 Å². The van der Waals surface area contributed by atoms with E-state index in [1.807, 2.05) is 0 Å². The van der Waals surface area contributed by atoms with Gasteiger partial charge in [-0.25, -0.2) is 0 Å². The highest BCUT2D eigenvalue weighted by molar-refractivity contribution is 5.95. The first-order chi connectivity index (χ1) is 7.80. The first-order valence-corrected chi connectivity index (χ1v) is 5.26. The highest BCUT2D eigenvalue weighted by Crippen LogP contribution is 2.11. The van der Waals surface area contributed by atoms with E-state index in [2.05, 4.69) is 5.32 Å². The number of carbonyl (C=O) groups excluding carboxylic acids is 2. The minimum atomic E-state index is -0.673. The van der Waals surface area contributed by atoms with Crippen molar-refractivity contribution in [3.05, 3.63) is 29.8 Å². The summed E-state index contributed by atoms with van der Waals surface area (Å²) in [6.45, 7) is 3.48. The quantitative estimate of drug-likeness (QED) is 0.668. The molecule has 0 heterocycles. The number of benzene rings is 1. The molecule has 0 saturated heterocycles. The molecule has 0 atom stereocenters. The van der Waals surface area contributed by atoms with Crippen LogP contribution in [0.25, 0.3) is 0 Å². The predicted octanol–water partition coefficient (Wildman–Crippen LogP) is 0.653. The minimum Gasteiger partial charge on any atom is -0.399 e. The SMILES string of the molecule is CC(C)(CC(N)=O)NC(=O)c1cccc(N)c1. The Kier molecular flexibility index (Phi) is 3.73. The van der Waals surface area contributed by atoms with Crippen LogP contribution >= 0.6 is 0 Å². The second kappa shape index (κ2) is 4.86. The smallest absolute Gasteiger partial charge is 0.251 e. The Morgan fingerprint density at radius 2 is 2.00 bits per heavy atom. The summed E-state index contributed by atoms with van der Waals surface area (Å²) in [5.74, 6) is -0.730. The topological polar surface area (TPSA) is 98.2 Å². The number of amides is 2. The van der Waals surface area contributed by atoms with E-state index in [4.69, 9.17) is 11.5 Å². The number of hydrogen-bond acceptors (Lipinski definition) is 3. The highest BCUT2D eigenvalue weighted by Gasteiger charge is 2.23. The van der Waals surface area contributed by atoms with Gasteiger partial charge in [-0.1, -0.05) is 6.07 Å². The molecule has 0 aliphatic heterocycles. The molecular weight excluding hydrogens is 218 g/mol. The van der Waals surface area contributed by atoms with Crippen LogP contribution in [0.4, 0.5) is 5.69 Å². The lowest BCUT2D eigenvalue weighted by Crippen LogP contribution is -2.46. The van der Waals surface area contributed by atoms with Crippen LogP contribution in [0.5, 0.6) is 0 Å². The van der Waals surface area contributed by atoms with Gasteiger partial charge in [0.05, 0.1) is 0 Å². The van der Waals surface area contributed by atoms with Gasteiger partial charge in [0.2, 0.25) is 5.91 Å². The van der Waals surface area contributed by atoms with Gasteiger partial charge >= 0.3 is 0 Å². The van der Waals surface area contributed by atoms with Crippen LogP contribution in [0.15, 0.2) is 24.3 Å². The van der Waals surface area contributed by atoms with Gasteiger partial charge in [0, 0.05) is 23.2 Å². The fraction of sp³-hybridized carbons (Fsp3) is 0.333. The van der Waals surface area contributed by atoms with Crippen molar-refractivity contribution in [1.82, 2.24) is 5.32 Å². The standard InChI is InChI=1S/C12H17N3O2/c1-12(2,7-10(14)16)15-11(17)8-4-3-5-9(13)6-8/h3-6H,7,13H2,1-2H3,(H2,14,16)(H,15,17). The fourth-order valence-electron chi connectivity index (χ4n) is 1.54. The van der Waals surface area contributed by atoms with Gasteiger partial charge in [-0.3, -0.25) is 9.59 Å². The van der Waals surface area contributed by atoms with Gasteiger partial charge in [-0.05, 0) is 32.0 Å². The van der Waals surface area contributed by atoms with E-state index in [-0.39, 0.29) is 12.3 Å². The van der Waals surface area contributed by atoms with Gasteiger partial charge in [-0.15, -0.1) is 0 Å². The summed E-state index contributed by atoms with van der Waals surface area (Å²) in [6.07, 6.45) is 0.0844. The van der Waals surface area contributed by atoms with Crippen molar-refractivity contribution >= 4 is 17.5 Å². The second-order valence-corrected chi connectivity index (χ2v) is 4.61. The fourth-order valence-corrected chi connectivity index (χ4v) is 1.54. The molecule has 1 aromatic rings. The molecule has 1 rings (SSSR count). The Morgan fingerprint density at radius 1 is 1.35 bits per heavy atom. The van der Waals surface area contributed by atoms with Crippen molar-refractivity contribution in [2.45, 2.75) is 25.8 Å². The number of carbonyl (C=O) groups is 2. The Morgan fingerprint density at radius 3 is 2.53 bits per heavy atom. The summed E-state index contributed by atoms with van der Waals surface area (Å²) in [5, 5.41) is 2.74. The summed E-state index contributed by atoms with van der Waals surface area (Å²) in [4.78, 5) is 22.7. The third-order valence-corrected chi connectivity index (χ3v) is 2.22. The molecule has 0 unspecified atom stereocenters. The lowest BCUT2D eigenvalue weighted by Gasteiger charge is -2.24. The zero-order chi connectivity index (χ0) is 13.1. The van der Waals surface area contributed by atoms with E-state index < -0.39 is 11.4 Å². The molecule has 92 valence electrons. The summed E-state index contributed by atoms with van der Waals surface area (Å²) < 4.78 is 0. The molecule has 0 bridgehead atoms. The zero-order valence-electron chi connectivity index (χ0n) is 9.99. The summed E-state index contributed by atoms with van der Waals surface area (Å²) in [5.41, 5.74) is 11.0. The Bertz CT molecular complexity index is 441. The van der Waals surface area contributed by atoms with Crippen molar-refractivity contribution in [3.63, 3.8) is 0 Å². The van der Waals surface area contributed by atoms with Crippen LogP contribution in [-0.2, 0) is 4.79 Å². The normalized spacial score (nSPS) is 10.9. The molecule has 0 radical (unpaired) electrons. The molecule has 0 aliphatic carbocycles. The van der Waals surface area contributed by atoms with E-state index in [1.165, 1.54) is 0 Å². The molecule has 0 spiro atoms. The maximum absolute atomic E-state index is 11.9. The molecular formula is C12H17N3O2. The van der Waals surface area contributed by atoms with Crippen LogP contribution in [0.1, 0.15) is 30.6 Å². The van der Waals surface area contributed by atoms with E-state index in [1.54, 1.807) is 38.1 Å². The molecule has 0 saturated carbocycles. The van der Waals surface area contributed by atoms with Crippen LogP contribution in [0.3, 0.4) is 0 Å². The molecule has 1 aromatic carbocycles. The Balaban J connectivity index is 2.75. The number of rotatable bonds is 4. The van der Waals surface area contributed by atoms with Crippen LogP contribution in [-0.4, -0.2) is 17.4 Å². The number of anilines is 1. The van der Waals surface area contributed by atoms with Gasteiger partial charge < -0.3 is 16.8 Å². The van der Waals surface area contributed by atoms with Crippen molar-refractivity contribution < 1.29 is 9.59 Å². The lowest BCUT2D eigenvalue weighted by molar-refractivity contribution is -0.119. The van der Waals surface area contributed by atoms with Gasteiger partial charge in [0.25, 0.3) is 5.91 Å². The summed E-state index contributed by atoms with van der Waals surface area (Å²) >= 11 is 0. The predicted molar refractivity (Wildman–Crippen MR) is 66.2 cm³/mol. The van der Waals surface area contributed by atoms with Crippen LogP contribution < -0.4 is 16.8 Å². The first kappa shape index (κ1) is 13.0. The van der Waals surface area contributed by atoms with Gasteiger partial charge in [0.1, 0.15) is 0 Å². The third-order valence-electron chi connectivity index (χ3n) is 2.22. The Hall–Kier alpha value is -2.04. The zero-order valence-corrected chi connectivity index (χ0v) is 9.99. The van der Waals surface area contributed by atoms with Crippen molar-refractivity contribution in [3.8, 4) is 0 Å². The average molecular weight is 235 g/mol. The molecule has 0 fully saturated rings. The number of nitrogens with two attached hydrogens (primary N) is 2. The monoisotopic (exact) mass is 235 g/mol. The lowest BCUT2D eigenvalue weighted by atomic mass is 9.99. The molecule has 5 nitrogen and oxygen atoms in total. The summed E-state index contributed by atoms with van der Waals surface area (Å²) in [6, 6.07) is 6.64. The molecule has 5 N–H and O–H groups in total. The van der Waals surface area contributed by atoms with E-state index in [0.29, 0.717) is 11.3 Å². The molecule has 17 heavy (non-hydrogen) atoms. The number of primary amides is 1. The number of nitrogens with one attached hydrogen (secondary N) is 1. The van der Waals surface area contributed by atoms with Crippen LogP contribution in [0.2, 0.25) is 0 Å². The maximum Gasteiger partial charge on any atom is 0.251 e. The second-order valence-electron chi connectivity index (χ2n) is 4.61. The summed E-state index contributed by atoms with van der Waals surface area (Å²) in [7, 11) is 0. The third kappa shape index (κ3) is 4.14. The van der Waals surface area contributed by atoms with Crippen molar-refractivity contribution in [2.24, 2.45) is 5.73 Å². The largest absolute Gasteiger partial charge is 0.399 e. The molecule has 5 heteroatoms. The van der Waals surface area contributed by atoms with Crippen LogP contribution in [0, 0.1) is 0 Å². The highest BCUT2D eigenvalue weighted by atomic mass is 16.2. The van der Waals surface area contributed by atoms with E-state index in [0.717, 1.165) is 0 Å². The molecule has 0 aliphatic rings. The molecule has 0 aromatic heterocycles. The maximum atomic E-state index is 11.9. The van der Waals surface area contributed by atoms with Crippen molar-refractivity contribution in [2.75, 3.05) is 5.73 Å². The van der Waals surface area contributed by atoms with Gasteiger partial charge in [-0.2, -0.15) is 0 Å². The average Bonchev–Trinajstić information content (AvgIpc) is 2.14. The first-order valence-electron chi connectivity index (χ1n) is 5.26. The Labute approximate surface area is 100 Å². The molecule has 2 amide bonds. The number of nitrogen functional groups attached to an aromatic ring is 1.